The molecular formula is C14H10ClN3O. The minimum atomic E-state index is 0.138. The summed E-state index contributed by atoms with van der Waals surface area (Å²) < 4.78 is 0. The van der Waals surface area contributed by atoms with Gasteiger partial charge < -0.3 is 10.4 Å². The molecule has 0 radical (unpaired) electrons. The molecule has 19 heavy (non-hydrogen) atoms. The highest BCUT2D eigenvalue weighted by molar-refractivity contribution is 6.30. The van der Waals surface area contributed by atoms with Gasteiger partial charge in [0.1, 0.15) is 23.4 Å². The molecule has 0 bridgehead atoms. The molecule has 0 aliphatic rings. The Hall–Kier alpha value is -2.33. The number of aromatic nitrogens is 2. The van der Waals surface area contributed by atoms with Crippen LogP contribution in [0, 0.1) is 0 Å². The highest BCUT2D eigenvalue weighted by Gasteiger charge is 2.06. The lowest BCUT2D eigenvalue weighted by atomic mass is 10.2. The quantitative estimate of drug-likeness (QED) is 0.746. The molecule has 4 nitrogen and oxygen atoms in total. The van der Waals surface area contributed by atoms with Gasteiger partial charge in [0.25, 0.3) is 0 Å². The summed E-state index contributed by atoms with van der Waals surface area (Å²) in [6.07, 6.45) is 1.42. The molecule has 0 saturated heterocycles. The number of halogens is 1. The summed E-state index contributed by atoms with van der Waals surface area (Å²) in [4.78, 5) is 8.27. The monoisotopic (exact) mass is 271 g/mol. The Balaban J connectivity index is 2.06. The lowest BCUT2D eigenvalue weighted by Gasteiger charge is -2.08. The number of para-hydroxylation sites is 1. The third kappa shape index (κ3) is 2.30. The Morgan fingerprint density at radius 3 is 2.58 bits per heavy atom. The molecule has 0 unspecified atom stereocenters. The number of phenolic OH excluding ortho intramolecular Hbond substituents is 1. The number of phenols is 1. The van der Waals surface area contributed by atoms with Crippen LogP contribution in [0.2, 0.25) is 5.02 Å². The van der Waals surface area contributed by atoms with E-state index in [0.717, 1.165) is 11.1 Å². The predicted octanol–water partition coefficient (Wildman–Crippen LogP) is 3.73. The number of rotatable bonds is 2. The predicted molar refractivity (Wildman–Crippen MR) is 75.9 cm³/mol. The number of anilines is 2. The Bertz CT molecular complexity index is 728. The zero-order valence-corrected chi connectivity index (χ0v) is 10.6. The highest BCUT2D eigenvalue weighted by Crippen LogP contribution is 2.28. The molecule has 1 heterocycles. The summed E-state index contributed by atoms with van der Waals surface area (Å²) >= 11 is 5.84. The van der Waals surface area contributed by atoms with Gasteiger partial charge in [0.15, 0.2) is 0 Å². The Kier molecular flexibility index (Phi) is 2.93. The van der Waals surface area contributed by atoms with Gasteiger partial charge in [-0.15, -0.1) is 0 Å². The molecule has 3 aromatic rings. The van der Waals surface area contributed by atoms with E-state index >= 15 is 0 Å². The van der Waals surface area contributed by atoms with E-state index < -0.39 is 0 Å². The molecule has 0 saturated carbocycles. The summed E-state index contributed by atoms with van der Waals surface area (Å²) in [5.41, 5.74) is 1.39. The van der Waals surface area contributed by atoms with Crippen molar-refractivity contribution < 1.29 is 5.11 Å². The topological polar surface area (TPSA) is 58.0 Å². The van der Waals surface area contributed by atoms with E-state index in [-0.39, 0.29) is 5.75 Å². The lowest BCUT2D eigenvalue weighted by molar-refractivity contribution is 0.480. The van der Waals surface area contributed by atoms with Gasteiger partial charge in [-0.2, -0.15) is 0 Å². The molecular weight excluding hydrogens is 262 g/mol. The first-order chi connectivity index (χ1) is 9.24. The first kappa shape index (κ1) is 11.7. The number of hydrogen-bond acceptors (Lipinski definition) is 4. The fourth-order valence-corrected chi connectivity index (χ4v) is 1.97. The van der Waals surface area contributed by atoms with Crippen LogP contribution >= 0.6 is 11.6 Å². The van der Waals surface area contributed by atoms with Crippen LogP contribution in [0.1, 0.15) is 0 Å². The SMILES string of the molecule is Oc1cccc2c(Nc3ccc(Cl)cc3)ncnc12. The summed E-state index contributed by atoms with van der Waals surface area (Å²) in [5.74, 6) is 0.780. The van der Waals surface area contributed by atoms with E-state index in [2.05, 4.69) is 15.3 Å². The fraction of sp³-hybridized carbons (Fsp3) is 0. The molecule has 0 spiro atoms. The third-order valence-electron chi connectivity index (χ3n) is 2.75. The second-order valence-electron chi connectivity index (χ2n) is 4.03. The number of aromatic hydroxyl groups is 1. The van der Waals surface area contributed by atoms with Gasteiger partial charge in [0.2, 0.25) is 0 Å². The molecule has 2 aromatic carbocycles. The van der Waals surface area contributed by atoms with E-state index in [0.29, 0.717) is 16.4 Å². The van der Waals surface area contributed by atoms with Gasteiger partial charge in [0, 0.05) is 16.1 Å². The molecule has 1 aromatic heterocycles. The molecule has 3 rings (SSSR count). The maximum absolute atomic E-state index is 9.76. The van der Waals surface area contributed by atoms with E-state index in [9.17, 15) is 5.11 Å². The first-order valence-corrected chi connectivity index (χ1v) is 6.07. The van der Waals surface area contributed by atoms with Gasteiger partial charge in [-0.25, -0.2) is 9.97 Å². The molecule has 0 amide bonds. The van der Waals surface area contributed by atoms with E-state index in [1.54, 1.807) is 24.3 Å². The van der Waals surface area contributed by atoms with Crippen LogP contribution in [-0.4, -0.2) is 15.1 Å². The average Bonchev–Trinajstić information content (AvgIpc) is 2.43. The van der Waals surface area contributed by atoms with Crippen LogP contribution in [0.5, 0.6) is 5.75 Å². The average molecular weight is 272 g/mol. The Morgan fingerprint density at radius 1 is 1.00 bits per heavy atom. The van der Waals surface area contributed by atoms with Crippen LogP contribution in [0.15, 0.2) is 48.8 Å². The van der Waals surface area contributed by atoms with Crippen molar-refractivity contribution in [3.63, 3.8) is 0 Å². The summed E-state index contributed by atoms with van der Waals surface area (Å²) in [6, 6.07) is 12.5. The van der Waals surface area contributed by atoms with Gasteiger partial charge in [-0.05, 0) is 36.4 Å². The third-order valence-corrected chi connectivity index (χ3v) is 3.00. The van der Waals surface area contributed by atoms with Crippen LogP contribution in [0.4, 0.5) is 11.5 Å². The summed E-state index contributed by atoms with van der Waals surface area (Å²) in [6.45, 7) is 0. The van der Waals surface area contributed by atoms with E-state index in [1.165, 1.54) is 6.33 Å². The second-order valence-corrected chi connectivity index (χ2v) is 4.46. The molecule has 5 heteroatoms. The van der Waals surface area contributed by atoms with Crippen molar-refractivity contribution in [2.24, 2.45) is 0 Å². The minimum Gasteiger partial charge on any atom is -0.506 e. The smallest absolute Gasteiger partial charge is 0.142 e. The molecule has 0 aliphatic carbocycles. The number of fused-ring (bicyclic) bond motifs is 1. The number of nitrogens with one attached hydrogen (secondary N) is 1. The standard InChI is InChI=1S/C14H10ClN3O/c15-9-4-6-10(7-5-9)18-14-11-2-1-3-12(19)13(11)16-8-17-14/h1-8,19H,(H,16,17,18). The highest BCUT2D eigenvalue weighted by atomic mass is 35.5. The maximum Gasteiger partial charge on any atom is 0.142 e. The summed E-state index contributed by atoms with van der Waals surface area (Å²) in [5, 5.41) is 14.4. The van der Waals surface area contributed by atoms with Gasteiger partial charge >= 0.3 is 0 Å². The molecule has 94 valence electrons. The van der Waals surface area contributed by atoms with Crippen molar-refractivity contribution in [3.05, 3.63) is 53.8 Å². The first-order valence-electron chi connectivity index (χ1n) is 5.69. The molecule has 0 aliphatic heterocycles. The van der Waals surface area contributed by atoms with Gasteiger partial charge in [0.05, 0.1) is 0 Å². The molecule has 2 N–H and O–H groups in total. The molecule has 0 fully saturated rings. The van der Waals surface area contributed by atoms with Crippen LogP contribution in [-0.2, 0) is 0 Å². The van der Waals surface area contributed by atoms with Crippen molar-refractivity contribution in [2.45, 2.75) is 0 Å². The van der Waals surface area contributed by atoms with Crippen molar-refractivity contribution in [2.75, 3.05) is 5.32 Å². The Labute approximate surface area is 114 Å². The fourth-order valence-electron chi connectivity index (χ4n) is 1.84. The van der Waals surface area contributed by atoms with Crippen molar-refractivity contribution in [1.29, 1.82) is 0 Å². The van der Waals surface area contributed by atoms with Gasteiger partial charge in [-0.3, -0.25) is 0 Å². The van der Waals surface area contributed by atoms with Crippen molar-refractivity contribution in [1.82, 2.24) is 9.97 Å². The minimum absolute atomic E-state index is 0.138. The number of benzene rings is 2. The van der Waals surface area contributed by atoms with E-state index in [1.807, 2.05) is 18.2 Å². The largest absolute Gasteiger partial charge is 0.506 e. The number of hydrogen-bond donors (Lipinski definition) is 2. The van der Waals surface area contributed by atoms with E-state index in [4.69, 9.17) is 11.6 Å². The van der Waals surface area contributed by atoms with Crippen LogP contribution in [0.25, 0.3) is 10.9 Å². The lowest BCUT2D eigenvalue weighted by Crippen LogP contribution is -1.95. The zero-order chi connectivity index (χ0) is 13.2. The zero-order valence-electron chi connectivity index (χ0n) is 9.84. The second kappa shape index (κ2) is 4.74. The summed E-state index contributed by atoms with van der Waals surface area (Å²) in [7, 11) is 0. The van der Waals surface area contributed by atoms with Crippen molar-refractivity contribution in [3.8, 4) is 5.75 Å². The Morgan fingerprint density at radius 2 is 1.79 bits per heavy atom. The van der Waals surface area contributed by atoms with Gasteiger partial charge in [-0.1, -0.05) is 17.7 Å². The molecule has 0 atom stereocenters. The number of nitrogens with zero attached hydrogens (tertiary/aromatic N) is 2. The maximum atomic E-state index is 9.76. The van der Waals surface area contributed by atoms with Crippen LogP contribution < -0.4 is 5.32 Å². The van der Waals surface area contributed by atoms with Crippen LogP contribution in [0.3, 0.4) is 0 Å². The normalized spacial score (nSPS) is 10.6. The van der Waals surface area contributed by atoms with Crippen molar-refractivity contribution >= 4 is 34.0 Å².